The van der Waals surface area contributed by atoms with Gasteiger partial charge >= 0.3 is 0 Å². The lowest BCUT2D eigenvalue weighted by Gasteiger charge is -2.18. The summed E-state index contributed by atoms with van der Waals surface area (Å²) in [7, 11) is -3.52. The van der Waals surface area contributed by atoms with Gasteiger partial charge in [-0.2, -0.15) is 0 Å². The van der Waals surface area contributed by atoms with E-state index in [1.807, 2.05) is 44.2 Å². The molecule has 0 aliphatic carbocycles. The first-order valence-corrected chi connectivity index (χ1v) is 9.04. The quantitative estimate of drug-likeness (QED) is 0.860. The molecule has 0 saturated heterocycles. The van der Waals surface area contributed by atoms with Crippen LogP contribution >= 0.6 is 15.9 Å². The summed E-state index contributed by atoms with van der Waals surface area (Å²) in [6.07, 6.45) is 0.682. The predicted molar refractivity (Wildman–Crippen MR) is 88.7 cm³/mol. The van der Waals surface area contributed by atoms with Gasteiger partial charge in [0.1, 0.15) is 0 Å². The Labute approximate surface area is 134 Å². The van der Waals surface area contributed by atoms with Crippen LogP contribution in [0.1, 0.15) is 30.5 Å². The van der Waals surface area contributed by atoms with Gasteiger partial charge in [0.05, 0.1) is 4.90 Å². The average molecular weight is 368 g/mol. The van der Waals surface area contributed by atoms with Crippen LogP contribution < -0.4 is 4.72 Å². The van der Waals surface area contributed by atoms with E-state index < -0.39 is 10.0 Å². The molecule has 2 aromatic rings. The largest absolute Gasteiger partial charge is 0.241 e. The summed E-state index contributed by atoms with van der Waals surface area (Å²) in [5.74, 6) is 0. The topological polar surface area (TPSA) is 46.2 Å². The summed E-state index contributed by atoms with van der Waals surface area (Å²) in [6, 6.07) is 14.4. The Morgan fingerprint density at radius 3 is 2.48 bits per heavy atom. The Kier molecular flexibility index (Phi) is 5.19. The predicted octanol–water partition coefficient (Wildman–Crippen LogP) is 4.19. The average Bonchev–Trinajstić information content (AvgIpc) is 2.45. The second-order valence-corrected chi connectivity index (χ2v) is 7.58. The van der Waals surface area contributed by atoms with Crippen molar-refractivity contribution in [2.45, 2.75) is 31.2 Å². The Balaban J connectivity index is 2.29. The summed E-state index contributed by atoms with van der Waals surface area (Å²) in [5, 5.41) is 0. The minimum atomic E-state index is -3.52. The van der Waals surface area contributed by atoms with Gasteiger partial charge in [0.2, 0.25) is 10.0 Å². The number of sulfonamides is 1. The molecule has 2 aromatic carbocycles. The number of hydrogen-bond donors (Lipinski definition) is 1. The number of aryl methyl sites for hydroxylation is 1. The zero-order chi connectivity index (χ0) is 15.5. The Bertz CT molecular complexity index is 729. The van der Waals surface area contributed by atoms with Gasteiger partial charge in [-0.25, -0.2) is 13.1 Å². The molecule has 0 bridgehead atoms. The van der Waals surface area contributed by atoms with Crippen LogP contribution in [0.3, 0.4) is 0 Å². The molecule has 2 rings (SSSR count). The van der Waals surface area contributed by atoms with Gasteiger partial charge in [0.25, 0.3) is 0 Å². The molecule has 0 aliphatic rings. The number of nitrogens with one attached hydrogen (secondary N) is 1. The highest BCUT2D eigenvalue weighted by Crippen LogP contribution is 2.23. The number of rotatable bonds is 5. The van der Waals surface area contributed by atoms with Gasteiger partial charge in [0, 0.05) is 10.5 Å². The standard InChI is InChI=1S/C16H18BrNO2S/c1-3-16(13-7-5-8-14(17)11-13)18-21(19,20)15-9-4-6-12(2)10-15/h4-11,16,18H,3H2,1-2H3. The molecule has 1 unspecified atom stereocenters. The van der Waals surface area contributed by atoms with E-state index >= 15 is 0 Å². The van der Waals surface area contributed by atoms with Crippen molar-refractivity contribution in [3.05, 3.63) is 64.1 Å². The second kappa shape index (κ2) is 6.73. The molecular formula is C16H18BrNO2S. The Morgan fingerprint density at radius 2 is 1.86 bits per heavy atom. The molecule has 5 heteroatoms. The first-order valence-electron chi connectivity index (χ1n) is 6.77. The van der Waals surface area contributed by atoms with Crippen molar-refractivity contribution in [1.29, 1.82) is 0 Å². The molecule has 21 heavy (non-hydrogen) atoms. The van der Waals surface area contributed by atoms with Gasteiger partial charge in [-0.05, 0) is 48.7 Å². The van der Waals surface area contributed by atoms with Crippen molar-refractivity contribution >= 4 is 26.0 Å². The molecule has 1 N–H and O–H groups in total. The van der Waals surface area contributed by atoms with Crippen LogP contribution in [-0.2, 0) is 10.0 Å². The third kappa shape index (κ3) is 4.15. The fraction of sp³-hybridized carbons (Fsp3) is 0.250. The maximum atomic E-state index is 12.5. The molecule has 0 spiro atoms. The van der Waals surface area contributed by atoms with Gasteiger partial charge in [-0.15, -0.1) is 0 Å². The maximum absolute atomic E-state index is 12.5. The van der Waals surface area contributed by atoms with Crippen LogP contribution in [0.2, 0.25) is 0 Å². The van der Waals surface area contributed by atoms with Crippen molar-refractivity contribution in [2.24, 2.45) is 0 Å². The highest BCUT2D eigenvalue weighted by atomic mass is 79.9. The number of benzene rings is 2. The molecule has 0 fully saturated rings. The molecule has 0 heterocycles. The Morgan fingerprint density at radius 1 is 1.14 bits per heavy atom. The highest BCUT2D eigenvalue weighted by molar-refractivity contribution is 9.10. The lowest BCUT2D eigenvalue weighted by molar-refractivity contribution is 0.550. The van der Waals surface area contributed by atoms with E-state index in [1.54, 1.807) is 18.2 Å². The van der Waals surface area contributed by atoms with Crippen LogP contribution in [0.25, 0.3) is 0 Å². The van der Waals surface area contributed by atoms with Gasteiger partial charge in [0.15, 0.2) is 0 Å². The third-order valence-electron chi connectivity index (χ3n) is 3.26. The fourth-order valence-electron chi connectivity index (χ4n) is 2.15. The van der Waals surface area contributed by atoms with Crippen LogP contribution in [0, 0.1) is 6.92 Å². The molecule has 0 aromatic heterocycles. The minimum Gasteiger partial charge on any atom is -0.207 e. The molecule has 1 atom stereocenters. The van der Waals surface area contributed by atoms with E-state index in [0.29, 0.717) is 11.3 Å². The van der Waals surface area contributed by atoms with E-state index in [-0.39, 0.29) is 6.04 Å². The van der Waals surface area contributed by atoms with Crippen molar-refractivity contribution < 1.29 is 8.42 Å². The highest BCUT2D eigenvalue weighted by Gasteiger charge is 2.20. The molecule has 0 saturated carbocycles. The summed E-state index contributed by atoms with van der Waals surface area (Å²) >= 11 is 3.42. The lowest BCUT2D eigenvalue weighted by atomic mass is 10.1. The molecule has 0 amide bonds. The van der Waals surface area contributed by atoms with Crippen LogP contribution in [-0.4, -0.2) is 8.42 Å². The summed E-state index contributed by atoms with van der Waals surface area (Å²) < 4.78 is 28.7. The molecule has 112 valence electrons. The summed E-state index contributed by atoms with van der Waals surface area (Å²) in [6.45, 7) is 3.84. The third-order valence-corrected chi connectivity index (χ3v) is 5.22. The van der Waals surface area contributed by atoms with Crippen molar-refractivity contribution in [3.8, 4) is 0 Å². The van der Waals surface area contributed by atoms with E-state index in [1.165, 1.54) is 0 Å². The van der Waals surface area contributed by atoms with Crippen molar-refractivity contribution in [1.82, 2.24) is 4.72 Å². The molecular weight excluding hydrogens is 350 g/mol. The van der Waals surface area contributed by atoms with Crippen LogP contribution in [0.4, 0.5) is 0 Å². The monoisotopic (exact) mass is 367 g/mol. The van der Waals surface area contributed by atoms with E-state index in [0.717, 1.165) is 15.6 Å². The van der Waals surface area contributed by atoms with Gasteiger partial charge < -0.3 is 0 Å². The smallest absolute Gasteiger partial charge is 0.207 e. The van der Waals surface area contributed by atoms with Crippen molar-refractivity contribution in [2.75, 3.05) is 0 Å². The van der Waals surface area contributed by atoms with E-state index in [4.69, 9.17) is 0 Å². The van der Waals surface area contributed by atoms with Crippen molar-refractivity contribution in [3.63, 3.8) is 0 Å². The molecule has 3 nitrogen and oxygen atoms in total. The van der Waals surface area contributed by atoms with E-state index in [2.05, 4.69) is 20.7 Å². The van der Waals surface area contributed by atoms with Gasteiger partial charge in [-0.3, -0.25) is 0 Å². The minimum absolute atomic E-state index is 0.243. The van der Waals surface area contributed by atoms with E-state index in [9.17, 15) is 8.42 Å². The van der Waals surface area contributed by atoms with Crippen LogP contribution in [0.5, 0.6) is 0 Å². The zero-order valence-electron chi connectivity index (χ0n) is 12.0. The molecule has 0 radical (unpaired) electrons. The number of halogens is 1. The SMILES string of the molecule is CCC(NS(=O)(=O)c1cccc(C)c1)c1cccc(Br)c1. The van der Waals surface area contributed by atoms with Crippen LogP contribution in [0.15, 0.2) is 57.9 Å². The first-order chi connectivity index (χ1) is 9.92. The summed E-state index contributed by atoms with van der Waals surface area (Å²) in [4.78, 5) is 0.302. The normalized spacial score (nSPS) is 13.1. The summed E-state index contributed by atoms with van der Waals surface area (Å²) in [5.41, 5.74) is 1.87. The Hall–Kier alpha value is -1.17. The lowest BCUT2D eigenvalue weighted by Crippen LogP contribution is -2.28. The molecule has 0 aliphatic heterocycles. The van der Waals surface area contributed by atoms with Gasteiger partial charge in [-0.1, -0.05) is 47.1 Å². The first kappa shape index (κ1) is 16.2. The second-order valence-electron chi connectivity index (χ2n) is 4.95. The number of hydrogen-bond acceptors (Lipinski definition) is 2. The maximum Gasteiger partial charge on any atom is 0.241 e. The zero-order valence-corrected chi connectivity index (χ0v) is 14.4. The fourth-order valence-corrected chi connectivity index (χ4v) is 3.98.